The molecule has 5 nitrogen and oxygen atoms in total. The second kappa shape index (κ2) is 5.73. The van der Waals surface area contributed by atoms with Gasteiger partial charge in [-0.25, -0.2) is 9.37 Å². The van der Waals surface area contributed by atoms with Crippen molar-refractivity contribution < 1.29 is 19.4 Å². The van der Waals surface area contributed by atoms with Gasteiger partial charge in [-0.1, -0.05) is 12.1 Å². The minimum Gasteiger partial charge on any atom is -0.505 e. The van der Waals surface area contributed by atoms with Gasteiger partial charge in [-0.15, -0.1) is 0 Å². The van der Waals surface area contributed by atoms with E-state index in [1.54, 1.807) is 12.1 Å². The highest BCUT2D eigenvalue weighted by molar-refractivity contribution is 5.95. The highest BCUT2D eigenvalue weighted by atomic mass is 19.1. The van der Waals surface area contributed by atoms with Crippen LogP contribution in [-0.4, -0.2) is 38.7 Å². The Morgan fingerprint density at radius 3 is 2.68 bits per heavy atom. The Balaban J connectivity index is 1.92. The van der Waals surface area contributed by atoms with E-state index in [1.807, 2.05) is 0 Å². The molecule has 114 valence electrons. The molecular formula is C16H15FN2O3. The van der Waals surface area contributed by atoms with Gasteiger partial charge >= 0.3 is 0 Å². The molecule has 0 aliphatic carbocycles. The maximum absolute atomic E-state index is 13.1. The van der Waals surface area contributed by atoms with Crippen LogP contribution in [0.4, 0.5) is 4.39 Å². The fraction of sp³-hybridized carbons (Fsp3) is 0.250. The first-order valence-electron chi connectivity index (χ1n) is 6.94. The number of benzene rings is 1. The Morgan fingerprint density at radius 1 is 1.27 bits per heavy atom. The molecule has 1 aromatic carbocycles. The van der Waals surface area contributed by atoms with E-state index in [4.69, 9.17) is 0 Å². The van der Waals surface area contributed by atoms with E-state index in [9.17, 15) is 19.4 Å². The molecule has 2 atom stereocenters. The van der Waals surface area contributed by atoms with Crippen LogP contribution in [0.1, 0.15) is 28.5 Å². The summed E-state index contributed by atoms with van der Waals surface area (Å²) in [7, 11) is 0. The molecule has 1 fully saturated rings. The summed E-state index contributed by atoms with van der Waals surface area (Å²) in [5.41, 5.74) is 0.686. The summed E-state index contributed by atoms with van der Waals surface area (Å²) in [5, 5.41) is 19.7. The molecule has 3 rings (SSSR count). The van der Waals surface area contributed by atoms with Crippen molar-refractivity contribution in [1.82, 2.24) is 9.88 Å². The lowest BCUT2D eigenvalue weighted by molar-refractivity contribution is 0.0706. The molecule has 22 heavy (non-hydrogen) atoms. The first-order valence-corrected chi connectivity index (χ1v) is 6.94. The molecule has 1 aromatic heterocycles. The van der Waals surface area contributed by atoms with E-state index in [-0.39, 0.29) is 29.8 Å². The predicted octanol–water partition coefficient (Wildman–Crippen LogP) is 1.87. The Labute approximate surface area is 126 Å². The monoisotopic (exact) mass is 302 g/mol. The van der Waals surface area contributed by atoms with E-state index < -0.39 is 12.0 Å². The average molecular weight is 302 g/mol. The van der Waals surface area contributed by atoms with E-state index in [0.29, 0.717) is 6.42 Å². The van der Waals surface area contributed by atoms with Crippen LogP contribution < -0.4 is 0 Å². The number of likely N-dealkylation sites (tertiary alicyclic amines) is 1. The van der Waals surface area contributed by atoms with Crippen molar-refractivity contribution in [3.8, 4) is 5.75 Å². The van der Waals surface area contributed by atoms with Crippen molar-refractivity contribution in [1.29, 1.82) is 0 Å². The van der Waals surface area contributed by atoms with Crippen molar-refractivity contribution in [2.45, 2.75) is 18.6 Å². The third-order valence-corrected chi connectivity index (χ3v) is 3.78. The zero-order valence-corrected chi connectivity index (χ0v) is 11.7. The normalized spacial score (nSPS) is 21.1. The third-order valence-electron chi connectivity index (χ3n) is 3.78. The van der Waals surface area contributed by atoms with Crippen LogP contribution >= 0.6 is 0 Å². The van der Waals surface area contributed by atoms with Gasteiger partial charge in [0.2, 0.25) is 0 Å². The lowest BCUT2D eigenvalue weighted by atomic mass is 10.0. The van der Waals surface area contributed by atoms with Gasteiger partial charge in [0.25, 0.3) is 5.91 Å². The lowest BCUT2D eigenvalue weighted by Gasteiger charge is -2.24. The first-order chi connectivity index (χ1) is 10.6. The molecule has 1 amide bonds. The van der Waals surface area contributed by atoms with Crippen LogP contribution in [0.3, 0.4) is 0 Å². The molecule has 2 N–H and O–H groups in total. The molecule has 2 heterocycles. The van der Waals surface area contributed by atoms with Gasteiger partial charge in [-0.05, 0) is 36.2 Å². The summed E-state index contributed by atoms with van der Waals surface area (Å²) < 4.78 is 13.1. The van der Waals surface area contributed by atoms with Gasteiger partial charge in [0.15, 0.2) is 5.69 Å². The van der Waals surface area contributed by atoms with Crippen LogP contribution in [0.15, 0.2) is 42.6 Å². The maximum Gasteiger partial charge on any atom is 0.276 e. The summed E-state index contributed by atoms with van der Waals surface area (Å²) in [6.45, 7) is 0.150. The molecule has 1 saturated heterocycles. The van der Waals surface area contributed by atoms with Crippen LogP contribution in [0, 0.1) is 5.82 Å². The Bertz CT molecular complexity index is 690. The first kappa shape index (κ1) is 14.5. The Morgan fingerprint density at radius 2 is 2.00 bits per heavy atom. The summed E-state index contributed by atoms with van der Waals surface area (Å²) in [4.78, 5) is 17.9. The van der Waals surface area contributed by atoms with Gasteiger partial charge in [0, 0.05) is 12.7 Å². The van der Waals surface area contributed by atoms with E-state index in [1.165, 1.54) is 35.4 Å². The Kier molecular flexibility index (Phi) is 3.77. The van der Waals surface area contributed by atoms with Crippen molar-refractivity contribution in [3.05, 3.63) is 59.7 Å². The average Bonchev–Trinajstić information content (AvgIpc) is 2.90. The van der Waals surface area contributed by atoms with Gasteiger partial charge < -0.3 is 15.1 Å². The number of aliphatic hydroxyl groups is 1. The van der Waals surface area contributed by atoms with Crippen LogP contribution in [0.2, 0.25) is 0 Å². The minimum atomic E-state index is -0.662. The number of amides is 1. The SMILES string of the molecule is O=C(c1ncccc1O)N1C[C@@H](O)C[C@H]1c1ccc(F)cc1. The van der Waals surface area contributed by atoms with Crippen LogP contribution in [0.25, 0.3) is 0 Å². The summed E-state index contributed by atoms with van der Waals surface area (Å²) in [5.74, 6) is -1.02. The van der Waals surface area contributed by atoms with Gasteiger partial charge in [-0.3, -0.25) is 4.79 Å². The molecule has 6 heteroatoms. The van der Waals surface area contributed by atoms with Crippen molar-refractivity contribution in [2.75, 3.05) is 6.54 Å². The molecule has 0 unspecified atom stereocenters. The number of aliphatic hydroxyl groups excluding tert-OH is 1. The molecule has 0 bridgehead atoms. The molecule has 0 radical (unpaired) electrons. The van der Waals surface area contributed by atoms with Crippen molar-refractivity contribution >= 4 is 5.91 Å². The lowest BCUT2D eigenvalue weighted by Crippen LogP contribution is -2.32. The van der Waals surface area contributed by atoms with E-state index in [2.05, 4.69) is 4.98 Å². The van der Waals surface area contributed by atoms with Gasteiger partial charge in [0.05, 0.1) is 12.1 Å². The molecular weight excluding hydrogens is 287 g/mol. The standard InChI is InChI=1S/C16H15FN2O3/c17-11-5-3-10(4-6-11)13-8-12(20)9-19(13)16(22)15-14(21)2-1-7-18-15/h1-7,12-13,20-21H,8-9H2/t12-,13-/m0/s1. The van der Waals surface area contributed by atoms with Crippen LogP contribution in [0.5, 0.6) is 5.75 Å². The largest absolute Gasteiger partial charge is 0.505 e. The summed E-state index contributed by atoms with van der Waals surface area (Å²) >= 11 is 0. The summed E-state index contributed by atoms with van der Waals surface area (Å²) in [6.07, 6.45) is 1.13. The maximum atomic E-state index is 13.1. The predicted molar refractivity (Wildman–Crippen MR) is 76.7 cm³/mol. The number of nitrogens with zero attached hydrogens (tertiary/aromatic N) is 2. The molecule has 1 aliphatic rings. The number of pyridine rings is 1. The smallest absolute Gasteiger partial charge is 0.276 e. The van der Waals surface area contributed by atoms with Gasteiger partial charge in [0.1, 0.15) is 11.6 Å². The van der Waals surface area contributed by atoms with Crippen molar-refractivity contribution in [2.24, 2.45) is 0 Å². The number of carbonyl (C=O) groups is 1. The quantitative estimate of drug-likeness (QED) is 0.888. The number of β-amino-alcohol motifs (C(OH)–C–C–N with tert-alkyl or cyclic N) is 1. The topological polar surface area (TPSA) is 73.7 Å². The van der Waals surface area contributed by atoms with Crippen LogP contribution in [-0.2, 0) is 0 Å². The number of rotatable bonds is 2. The fourth-order valence-corrected chi connectivity index (χ4v) is 2.74. The second-order valence-corrected chi connectivity index (χ2v) is 5.29. The summed E-state index contributed by atoms with van der Waals surface area (Å²) in [6, 6.07) is 8.38. The molecule has 1 aliphatic heterocycles. The molecule has 2 aromatic rings. The van der Waals surface area contributed by atoms with E-state index in [0.717, 1.165) is 5.56 Å². The number of hydrogen-bond donors (Lipinski definition) is 2. The zero-order chi connectivity index (χ0) is 15.7. The number of carbonyl (C=O) groups excluding carboxylic acids is 1. The van der Waals surface area contributed by atoms with Gasteiger partial charge in [-0.2, -0.15) is 0 Å². The molecule has 0 spiro atoms. The Hall–Kier alpha value is -2.47. The van der Waals surface area contributed by atoms with E-state index >= 15 is 0 Å². The second-order valence-electron chi connectivity index (χ2n) is 5.29. The number of aromatic nitrogens is 1. The third kappa shape index (κ3) is 2.65. The number of aromatic hydroxyl groups is 1. The fourth-order valence-electron chi connectivity index (χ4n) is 2.74. The highest BCUT2D eigenvalue weighted by Gasteiger charge is 2.36. The minimum absolute atomic E-state index is 0.0521. The molecule has 0 saturated carbocycles. The number of hydrogen-bond acceptors (Lipinski definition) is 4. The van der Waals surface area contributed by atoms with Crippen molar-refractivity contribution in [3.63, 3.8) is 0 Å². The number of halogens is 1. The highest BCUT2D eigenvalue weighted by Crippen LogP contribution is 2.34. The zero-order valence-electron chi connectivity index (χ0n) is 11.7.